The summed E-state index contributed by atoms with van der Waals surface area (Å²) in [6, 6.07) is 10.7. The van der Waals surface area contributed by atoms with Crippen LogP contribution in [0.25, 0.3) is 0 Å². The smallest absolute Gasteiger partial charge is 0.263 e. The molecule has 0 saturated carbocycles. The lowest BCUT2D eigenvalue weighted by molar-refractivity contribution is 0.601. The largest absolute Gasteiger partial charge is 0.263 e. The average molecular weight is 332 g/mol. The quantitative estimate of drug-likeness (QED) is 0.733. The van der Waals surface area contributed by atoms with E-state index < -0.39 is 10.0 Å². The van der Waals surface area contributed by atoms with Gasteiger partial charge in [0.1, 0.15) is 5.82 Å². The number of aryl methyl sites for hydroxylation is 2. The van der Waals surface area contributed by atoms with E-state index in [1.807, 2.05) is 25.1 Å². The van der Waals surface area contributed by atoms with Gasteiger partial charge in [-0.3, -0.25) is 4.72 Å². The molecule has 0 fully saturated rings. The van der Waals surface area contributed by atoms with E-state index in [4.69, 9.17) is 0 Å². The number of nitrogens with zero attached hydrogens (tertiary/aromatic N) is 1. The number of unbranched alkanes of at least 4 members (excludes halogenated alkanes) is 3. The van der Waals surface area contributed by atoms with Gasteiger partial charge in [-0.15, -0.1) is 0 Å². The lowest BCUT2D eigenvalue weighted by Crippen LogP contribution is -2.14. The van der Waals surface area contributed by atoms with Gasteiger partial charge < -0.3 is 0 Å². The van der Waals surface area contributed by atoms with E-state index in [9.17, 15) is 8.42 Å². The van der Waals surface area contributed by atoms with Crippen molar-refractivity contribution in [1.29, 1.82) is 0 Å². The van der Waals surface area contributed by atoms with Gasteiger partial charge in [-0.1, -0.05) is 44.4 Å². The molecule has 1 aromatic heterocycles. The number of anilines is 1. The molecule has 0 unspecified atom stereocenters. The van der Waals surface area contributed by atoms with Crippen molar-refractivity contribution in [3.8, 4) is 0 Å². The molecule has 1 N–H and O–H groups in total. The molecule has 124 valence electrons. The van der Waals surface area contributed by atoms with Crippen molar-refractivity contribution >= 4 is 15.8 Å². The Bertz CT molecular complexity index is 725. The minimum Gasteiger partial charge on any atom is -0.263 e. The summed E-state index contributed by atoms with van der Waals surface area (Å²) >= 11 is 0. The molecule has 0 spiro atoms. The van der Waals surface area contributed by atoms with E-state index in [2.05, 4.69) is 16.6 Å². The Morgan fingerprint density at radius 1 is 1.04 bits per heavy atom. The second kappa shape index (κ2) is 8.11. The molecule has 0 radical (unpaired) electrons. The number of aromatic nitrogens is 1. The summed E-state index contributed by atoms with van der Waals surface area (Å²) in [7, 11) is -3.59. The van der Waals surface area contributed by atoms with E-state index in [1.165, 1.54) is 24.8 Å². The van der Waals surface area contributed by atoms with Crippen LogP contribution >= 0.6 is 0 Å². The zero-order valence-electron chi connectivity index (χ0n) is 13.7. The number of nitrogens with one attached hydrogen (secondary N) is 1. The van der Waals surface area contributed by atoms with Crippen LogP contribution in [0.5, 0.6) is 0 Å². The van der Waals surface area contributed by atoms with Crippen LogP contribution in [0.4, 0.5) is 5.82 Å². The van der Waals surface area contributed by atoms with Crippen LogP contribution in [0, 0.1) is 6.92 Å². The van der Waals surface area contributed by atoms with Crippen molar-refractivity contribution in [2.24, 2.45) is 0 Å². The first-order valence-corrected chi connectivity index (χ1v) is 9.54. The molecule has 4 nitrogen and oxygen atoms in total. The molecule has 23 heavy (non-hydrogen) atoms. The van der Waals surface area contributed by atoms with Gasteiger partial charge in [0.05, 0.1) is 4.90 Å². The third kappa shape index (κ3) is 5.06. The maximum absolute atomic E-state index is 12.4. The molecule has 0 saturated heterocycles. The minimum atomic E-state index is -3.59. The van der Waals surface area contributed by atoms with Gasteiger partial charge in [0, 0.05) is 6.20 Å². The van der Waals surface area contributed by atoms with Gasteiger partial charge in [-0.25, -0.2) is 13.4 Å². The Labute approximate surface area is 139 Å². The van der Waals surface area contributed by atoms with Crippen LogP contribution < -0.4 is 4.72 Å². The lowest BCUT2D eigenvalue weighted by Gasteiger charge is -2.10. The molecular weight excluding hydrogens is 308 g/mol. The summed E-state index contributed by atoms with van der Waals surface area (Å²) in [6.45, 7) is 4.01. The average Bonchev–Trinajstić information content (AvgIpc) is 2.54. The molecule has 0 aliphatic heterocycles. The van der Waals surface area contributed by atoms with Crippen molar-refractivity contribution in [2.45, 2.75) is 50.8 Å². The molecule has 2 aromatic rings. The standard InChI is InChI=1S/C18H24N2O2S/c1-3-4-5-6-9-16-10-12-17(13-11-16)23(21,22)20-18-15(2)8-7-14-19-18/h7-8,10-14H,3-6,9H2,1-2H3,(H,19,20). The third-order valence-corrected chi connectivity index (χ3v) is 5.15. The summed E-state index contributed by atoms with van der Waals surface area (Å²) in [4.78, 5) is 4.34. The van der Waals surface area contributed by atoms with E-state index in [1.54, 1.807) is 24.4 Å². The Balaban J connectivity index is 2.04. The Kier molecular flexibility index (Phi) is 6.16. The summed E-state index contributed by atoms with van der Waals surface area (Å²) < 4.78 is 27.4. The van der Waals surface area contributed by atoms with E-state index in [-0.39, 0.29) is 4.90 Å². The van der Waals surface area contributed by atoms with Gasteiger partial charge in [0.2, 0.25) is 0 Å². The monoisotopic (exact) mass is 332 g/mol. The fourth-order valence-electron chi connectivity index (χ4n) is 2.37. The first-order chi connectivity index (χ1) is 11.0. The fourth-order valence-corrected chi connectivity index (χ4v) is 3.45. The topological polar surface area (TPSA) is 59.1 Å². The van der Waals surface area contributed by atoms with E-state index in [0.717, 1.165) is 18.4 Å². The molecule has 0 aliphatic rings. The van der Waals surface area contributed by atoms with Crippen LogP contribution in [-0.4, -0.2) is 13.4 Å². The van der Waals surface area contributed by atoms with Gasteiger partial charge in [-0.05, 0) is 49.1 Å². The maximum Gasteiger partial charge on any atom is 0.263 e. The third-order valence-electron chi connectivity index (χ3n) is 3.79. The lowest BCUT2D eigenvalue weighted by atomic mass is 10.1. The summed E-state index contributed by atoms with van der Waals surface area (Å²) in [5, 5.41) is 0. The Hall–Kier alpha value is -1.88. The first-order valence-electron chi connectivity index (χ1n) is 8.06. The van der Waals surface area contributed by atoms with Gasteiger partial charge in [-0.2, -0.15) is 0 Å². The zero-order valence-corrected chi connectivity index (χ0v) is 14.6. The number of hydrogen-bond acceptors (Lipinski definition) is 3. The second-order valence-electron chi connectivity index (χ2n) is 5.73. The van der Waals surface area contributed by atoms with E-state index in [0.29, 0.717) is 5.82 Å². The molecule has 0 amide bonds. The number of benzene rings is 1. The molecule has 0 bridgehead atoms. The van der Waals surface area contributed by atoms with Crippen molar-refractivity contribution in [3.63, 3.8) is 0 Å². The van der Waals surface area contributed by atoms with Gasteiger partial charge in [0.25, 0.3) is 10.0 Å². The zero-order chi connectivity index (χ0) is 16.7. The highest BCUT2D eigenvalue weighted by atomic mass is 32.2. The number of rotatable bonds is 8. The SMILES string of the molecule is CCCCCCc1ccc(S(=O)(=O)Nc2ncccc2C)cc1. The van der Waals surface area contributed by atoms with E-state index >= 15 is 0 Å². The van der Waals surface area contributed by atoms with Crippen LogP contribution in [0.15, 0.2) is 47.5 Å². The summed E-state index contributed by atoms with van der Waals surface area (Å²) in [5.41, 5.74) is 1.97. The molecular formula is C18H24N2O2S. The van der Waals surface area contributed by atoms with Crippen LogP contribution in [0.2, 0.25) is 0 Å². The van der Waals surface area contributed by atoms with Gasteiger partial charge in [0.15, 0.2) is 0 Å². The normalized spacial score (nSPS) is 11.4. The molecule has 1 aromatic carbocycles. The summed E-state index contributed by atoms with van der Waals surface area (Å²) in [5.74, 6) is 0.371. The van der Waals surface area contributed by atoms with Crippen LogP contribution in [0.1, 0.15) is 43.7 Å². The highest BCUT2D eigenvalue weighted by Crippen LogP contribution is 2.18. The Morgan fingerprint density at radius 2 is 1.78 bits per heavy atom. The maximum atomic E-state index is 12.4. The second-order valence-corrected chi connectivity index (χ2v) is 7.41. The molecule has 0 atom stereocenters. The molecule has 2 rings (SSSR count). The predicted octanol–water partition coefficient (Wildman–Crippen LogP) is 4.31. The molecule has 1 heterocycles. The van der Waals surface area contributed by atoms with Gasteiger partial charge >= 0.3 is 0 Å². The molecule has 0 aliphatic carbocycles. The van der Waals surface area contributed by atoms with Crippen LogP contribution in [0.3, 0.4) is 0 Å². The fraction of sp³-hybridized carbons (Fsp3) is 0.389. The Morgan fingerprint density at radius 3 is 2.43 bits per heavy atom. The first kappa shape index (κ1) is 17.5. The number of hydrogen-bond donors (Lipinski definition) is 1. The van der Waals surface area contributed by atoms with Crippen molar-refractivity contribution in [1.82, 2.24) is 4.98 Å². The number of sulfonamides is 1. The van der Waals surface area contributed by atoms with Crippen molar-refractivity contribution < 1.29 is 8.42 Å². The van der Waals surface area contributed by atoms with Crippen molar-refractivity contribution in [3.05, 3.63) is 53.7 Å². The number of pyridine rings is 1. The minimum absolute atomic E-state index is 0.264. The summed E-state index contributed by atoms with van der Waals surface area (Å²) in [6.07, 6.45) is 7.40. The van der Waals surface area contributed by atoms with Crippen molar-refractivity contribution in [2.75, 3.05) is 4.72 Å². The van der Waals surface area contributed by atoms with Crippen LogP contribution in [-0.2, 0) is 16.4 Å². The highest BCUT2D eigenvalue weighted by molar-refractivity contribution is 7.92. The predicted molar refractivity (Wildman–Crippen MR) is 94.1 cm³/mol. The molecule has 5 heteroatoms. The highest BCUT2D eigenvalue weighted by Gasteiger charge is 2.15.